The quantitative estimate of drug-likeness (QED) is 0.348. The van der Waals surface area contributed by atoms with Crippen molar-refractivity contribution < 1.29 is 14.5 Å². The molecule has 0 bridgehead atoms. The van der Waals surface area contributed by atoms with E-state index in [1.165, 1.54) is 24.3 Å². The van der Waals surface area contributed by atoms with Gasteiger partial charge in [-0.05, 0) is 18.2 Å². The topological polar surface area (TPSA) is 99.7 Å². The van der Waals surface area contributed by atoms with Gasteiger partial charge >= 0.3 is 0 Å². The highest BCUT2D eigenvalue weighted by molar-refractivity contribution is 6.03. The van der Waals surface area contributed by atoms with Gasteiger partial charge in [-0.25, -0.2) is 0 Å². The summed E-state index contributed by atoms with van der Waals surface area (Å²) >= 11 is 0. The smallest absolute Gasteiger partial charge is 0.273 e. The molecule has 0 aliphatic carbocycles. The fourth-order valence-electron chi connectivity index (χ4n) is 2.96. The zero-order chi connectivity index (χ0) is 19.6. The number of non-ortho nitro benzene ring substituents is 1. The minimum atomic E-state index is -0.545. The third-order valence-electron chi connectivity index (χ3n) is 4.25. The highest BCUT2D eigenvalue weighted by atomic mass is 16.6. The molecule has 8 nitrogen and oxygen atoms in total. The number of nitriles is 1. The van der Waals surface area contributed by atoms with E-state index in [1.807, 2.05) is 30.3 Å². The number of hydrogen-bond acceptors (Lipinski definition) is 7. The number of para-hydroxylation sites is 2. The first-order valence-corrected chi connectivity index (χ1v) is 8.05. The monoisotopic (exact) mass is 364 g/mol. The van der Waals surface area contributed by atoms with Gasteiger partial charge in [0.2, 0.25) is 5.78 Å². The van der Waals surface area contributed by atoms with Crippen LogP contribution in [0.2, 0.25) is 0 Å². The molecule has 136 valence electrons. The van der Waals surface area contributed by atoms with E-state index in [-0.39, 0.29) is 17.0 Å². The molecule has 0 unspecified atom stereocenters. The summed E-state index contributed by atoms with van der Waals surface area (Å²) in [6.07, 6.45) is 0. The van der Waals surface area contributed by atoms with Gasteiger partial charge < -0.3 is 14.5 Å². The molecule has 0 spiro atoms. The Labute approximate surface area is 155 Å². The highest BCUT2D eigenvalue weighted by Gasteiger charge is 2.31. The number of nitrogens with zero attached hydrogens (tertiary/aromatic N) is 4. The third kappa shape index (κ3) is 3.30. The Morgan fingerprint density at radius 3 is 2.33 bits per heavy atom. The normalized spacial score (nSPS) is 12.4. The molecule has 8 heteroatoms. The van der Waals surface area contributed by atoms with Gasteiger partial charge in [-0.3, -0.25) is 14.9 Å². The molecule has 0 aromatic heterocycles. The van der Waals surface area contributed by atoms with Crippen molar-refractivity contribution in [3.05, 3.63) is 70.0 Å². The van der Waals surface area contributed by atoms with Crippen molar-refractivity contribution in [2.24, 2.45) is 0 Å². The van der Waals surface area contributed by atoms with Gasteiger partial charge in [0.15, 0.2) is 6.61 Å². The number of ketones is 1. The molecule has 0 radical (unpaired) electrons. The van der Waals surface area contributed by atoms with E-state index in [2.05, 4.69) is 0 Å². The molecule has 1 heterocycles. The lowest BCUT2D eigenvalue weighted by atomic mass is 10.2. The van der Waals surface area contributed by atoms with Crippen LogP contribution in [0.1, 0.15) is 0 Å². The maximum atomic E-state index is 12.6. The van der Waals surface area contributed by atoms with Crippen molar-refractivity contribution in [1.29, 1.82) is 5.26 Å². The van der Waals surface area contributed by atoms with Gasteiger partial charge in [0.25, 0.3) is 5.69 Å². The van der Waals surface area contributed by atoms with E-state index >= 15 is 0 Å². The second-order valence-electron chi connectivity index (χ2n) is 5.88. The molecule has 3 rings (SSSR count). The first-order valence-electron chi connectivity index (χ1n) is 8.05. The minimum absolute atomic E-state index is 0.0402. The van der Waals surface area contributed by atoms with E-state index in [0.29, 0.717) is 5.82 Å². The summed E-state index contributed by atoms with van der Waals surface area (Å²) in [5.41, 5.74) is 1.59. The third-order valence-corrected chi connectivity index (χ3v) is 4.25. The molecule has 27 heavy (non-hydrogen) atoms. The van der Waals surface area contributed by atoms with Gasteiger partial charge in [0, 0.05) is 20.2 Å². The number of fused-ring (bicyclic) bond motifs is 1. The number of carbonyl (C=O) groups excluding carboxylic acids is 1. The summed E-state index contributed by atoms with van der Waals surface area (Å²) < 4.78 is 5.37. The van der Waals surface area contributed by atoms with Crippen LogP contribution in [0.25, 0.3) is 0 Å². The van der Waals surface area contributed by atoms with E-state index in [1.54, 1.807) is 23.9 Å². The van der Waals surface area contributed by atoms with E-state index in [9.17, 15) is 20.2 Å². The Kier molecular flexibility index (Phi) is 4.77. The number of Topliss-reactive ketones (excluding diaryl/α,β-unsaturated/α-hetero) is 1. The highest BCUT2D eigenvalue weighted by Crippen LogP contribution is 2.40. The SMILES string of the molecule is CN1C(=C(C#N)C(=O)COc2cccc([N+](=O)[O-])c2)N(C)c2ccccc21. The number of nitro benzene ring substituents is 1. The second-order valence-corrected chi connectivity index (χ2v) is 5.88. The zero-order valence-corrected chi connectivity index (χ0v) is 14.7. The Hall–Kier alpha value is -3.86. The lowest BCUT2D eigenvalue weighted by Crippen LogP contribution is -2.27. The molecular formula is C19H16N4O4. The van der Waals surface area contributed by atoms with Gasteiger partial charge in [-0.1, -0.05) is 18.2 Å². The van der Waals surface area contributed by atoms with Crippen molar-refractivity contribution in [3.63, 3.8) is 0 Å². The Morgan fingerprint density at radius 2 is 1.78 bits per heavy atom. The van der Waals surface area contributed by atoms with Crippen LogP contribution in [-0.2, 0) is 4.79 Å². The Balaban J connectivity index is 1.83. The lowest BCUT2D eigenvalue weighted by Gasteiger charge is -2.20. The molecule has 2 aromatic carbocycles. The molecule has 0 saturated heterocycles. The maximum absolute atomic E-state index is 12.6. The average molecular weight is 364 g/mol. The molecule has 1 aliphatic rings. The van der Waals surface area contributed by atoms with Crippen LogP contribution < -0.4 is 14.5 Å². The standard InChI is InChI=1S/C19H16N4O4/c1-21-16-8-3-4-9-17(16)22(2)19(21)15(11-20)18(24)12-27-14-7-5-6-13(10-14)23(25)26/h3-10H,12H2,1-2H3. The molecule has 0 amide bonds. The zero-order valence-electron chi connectivity index (χ0n) is 14.7. The number of carbonyl (C=O) groups is 1. The van der Waals surface area contributed by atoms with Crippen LogP contribution in [0.3, 0.4) is 0 Å². The summed E-state index contributed by atoms with van der Waals surface area (Å²) in [7, 11) is 3.56. The van der Waals surface area contributed by atoms with Gasteiger partial charge in [-0.15, -0.1) is 0 Å². The van der Waals surface area contributed by atoms with Crippen molar-refractivity contribution in [2.75, 3.05) is 30.5 Å². The van der Waals surface area contributed by atoms with Crippen LogP contribution in [0, 0.1) is 21.4 Å². The van der Waals surface area contributed by atoms with E-state index in [0.717, 1.165) is 11.4 Å². The lowest BCUT2D eigenvalue weighted by molar-refractivity contribution is -0.384. The van der Waals surface area contributed by atoms with Crippen molar-refractivity contribution in [3.8, 4) is 11.8 Å². The van der Waals surface area contributed by atoms with Crippen LogP contribution in [0.4, 0.5) is 17.1 Å². The number of nitro groups is 1. The number of anilines is 2. The first-order chi connectivity index (χ1) is 12.9. The van der Waals surface area contributed by atoms with Crippen molar-refractivity contribution in [1.82, 2.24) is 0 Å². The van der Waals surface area contributed by atoms with Crippen LogP contribution >= 0.6 is 0 Å². The molecule has 0 atom stereocenters. The maximum Gasteiger partial charge on any atom is 0.273 e. The predicted octanol–water partition coefficient (Wildman–Crippen LogP) is 2.86. The summed E-state index contributed by atoms with van der Waals surface area (Å²) in [5, 5.41) is 20.4. The van der Waals surface area contributed by atoms with Crippen LogP contribution in [0.5, 0.6) is 5.75 Å². The van der Waals surface area contributed by atoms with Gasteiger partial charge in [-0.2, -0.15) is 5.26 Å². The molecule has 0 saturated carbocycles. The largest absolute Gasteiger partial charge is 0.485 e. The van der Waals surface area contributed by atoms with Gasteiger partial charge in [0.1, 0.15) is 23.2 Å². The predicted molar refractivity (Wildman–Crippen MR) is 99.5 cm³/mol. The Morgan fingerprint density at radius 1 is 1.15 bits per heavy atom. The molecule has 0 N–H and O–H groups in total. The number of rotatable bonds is 5. The summed E-state index contributed by atoms with van der Waals surface area (Å²) in [4.78, 5) is 26.4. The molecular weight excluding hydrogens is 348 g/mol. The van der Waals surface area contributed by atoms with Crippen molar-refractivity contribution in [2.45, 2.75) is 0 Å². The van der Waals surface area contributed by atoms with Crippen LogP contribution in [0.15, 0.2) is 59.9 Å². The summed E-state index contributed by atoms with van der Waals surface area (Å²) in [5.74, 6) is 0.146. The first kappa shape index (κ1) is 17.9. The van der Waals surface area contributed by atoms with E-state index < -0.39 is 17.3 Å². The summed E-state index contributed by atoms with van der Waals surface area (Å²) in [6.45, 7) is -0.397. The molecule has 1 aliphatic heterocycles. The molecule has 0 fully saturated rings. The van der Waals surface area contributed by atoms with Gasteiger partial charge in [0.05, 0.1) is 22.4 Å². The number of hydrogen-bond donors (Lipinski definition) is 0. The average Bonchev–Trinajstić information content (AvgIpc) is 2.93. The summed E-state index contributed by atoms with van der Waals surface area (Å²) in [6, 6.07) is 15.1. The Bertz CT molecular complexity index is 962. The fraction of sp³-hybridized carbons (Fsp3) is 0.158. The fourth-order valence-corrected chi connectivity index (χ4v) is 2.96. The number of benzene rings is 2. The second kappa shape index (κ2) is 7.17. The number of ether oxygens (including phenoxy) is 1. The van der Waals surface area contributed by atoms with E-state index in [4.69, 9.17) is 4.74 Å². The van der Waals surface area contributed by atoms with Crippen LogP contribution in [-0.4, -0.2) is 31.4 Å². The molecule has 2 aromatic rings. The van der Waals surface area contributed by atoms with Crippen molar-refractivity contribution >= 4 is 22.8 Å². The minimum Gasteiger partial charge on any atom is -0.485 e.